The van der Waals surface area contributed by atoms with Crippen LogP contribution in [0.5, 0.6) is 5.75 Å². The Morgan fingerprint density at radius 1 is 1.15 bits per heavy atom. The fraction of sp³-hybridized carbons (Fsp3) is 0.0588. The zero-order valence-electron chi connectivity index (χ0n) is 13.4. The number of nitro groups is 1. The summed E-state index contributed by atoms with van der Waals surface area (Å²) in [6.07, 6.45) is 1.39. The Labute approximate surface area is 167 Å². The van der Waals surface area contributed by atoms with Crippen molar-refractivity contribution in [3.63, 3.8) is 0 Å². The summed E-state index contributed by atoms with van der Waals surface area (Å²) in [6, 6.07) is 8.48. The van der Waals surface area contributed by atoms with E-state index in [9.17, 15) is 24.8 Å². The molecule has 0 aliphatic carbocycles. The van der Waals surface area contributed by atoms with E-state index < -0.39 is 27.5 Å². The molecule has 3 rings (SSSR count). The Hall–Kier alpha value is -2.55. The van der Waals surface area contributed by atoms with Gasteiger partial charge >= 0.3 is 5.69 Å². The SMILES string of the molecule is O=C1S/C(=C\c2ccc([N+](=O)[O-])c(O)c2)C(=O)N1Cc1ccc(Cl)c(Cl)c1. The highest BCUT2D eigenvalue weighted by atomic mass is 35.5. The summed E-state index contributed by atoms with van der Waals surface area (Å²) < 4.78 is 0. The zero-order chi connectivity index (χ0) is 19.7. The summed E-state index contributed by atoms with van der Waals surface area (Å²) in [5.41, 5.74) is 0.555. The lowest BCUT2D eigenvalue weighted by Crippen LogP contribution is -2.27. The predicted octanol–water partition coefficient (Wildman–Crippen LogP) is 4.84. The Kier molecular flexibility index (Phi) is 5.41. The van der Waals surface area contributed by atoms with Crippen molar-refractivity contribution < 1.29 is 19.6 Å². The molecule has 2 aromatic carbocycles. The third-order valence-electron chi connectivity index (χ3n) is 3.69. The number of phenols is 1. The number of carbonyl (C=O) groups is 2. The molecule has 7 nitrogen and oxygen atoms in total. The van der Waals surface area contributed by atoms with Crippen LogP contribution in [-0.4, -0.2) is 26.1 Å². The molecule has 2 amide bonds. The van der Waals surface area contributed by atoms with Gasteiger partial charge in [-0.05, 0) is 53.2 Å². The molecule has 1 heterocycles. The van der Waals surface area contributed by atoms with Crippen molar-refractivity contribution in [2.24, 2.45) is 0 Å². The van der Waals surface area contributed by atoms with E-state index in [-0.39, 0.29) is 11.4 Å². The number of aromatic hydroxyl groups is 1. The van der Waals surface area contributed by atoms with Crippen molar-refractivity contribution >= 4 is 57.9 Å². The molecule has 0 unspecified atom stereocenters. The largest absolute Gasteiger partial charge is 0.502 e. The lowest BCUT2D eigenvalue weighted by molar-refractivity contribution is -0.385. The molecule has 1 N–H and O–H groups in total. The first-order chi connectivity index (χ1) is 12.8. The normalized spacial score (nSPS) is 15.6. The molecule has 10 heteroatoms. The molecule has 0 saturated carbocycles. The van der Waals surface area contributed by atoms with Crippen LogP contribution in [0.15, 0.2) is 41.3 Å². The van der Waals surface area contributed by atoms with Crippen LogP contribution >= 0.6 is 35.0 Å². The quantitative estimate of drug-likeness (QED) is 0.427. The van der Waals surface area contributed by atoms with E-state index in [2.05, 4.69) is 0 Å². The van der Waals surface area contributed by atoms with Crippen LogP contribution in [0.4, 0.5) is 10.5 Å². The van der Waals surface area contributed by atoms with Gasteiger partial charge < -0.3 is 5.11 Å². The lowest BCUT2D eigenvalue weighted by Gasteiger charge is -2.12. The molecule has 27 heavy (non-hydrogen) atoms. The minimum Gasteiger partial charge on any atom is -0.502 e. The van der Waals surface area contributed by atoms with Gasteiger partial charge in [-0.1, -0.05) is 29.3 Å². The van der Waals surface area contributed by atoms with Crippen LogP contribution in [0.2, 0.25) is 10.0 Å². The van der Waals surface area contributed by atoms with Crippen LogP contribution in [0.1, 0.15) is 11.1 Å². The van der Waals surface area contributed by atoms with Crippen molar-refractivity contribution in [1.82, 2.24) is 4.90 Å². The van der Waals surface area contributed by atoms with Gasteiger partial charge in [0.1, 0.15) is 0 Å². The van der Waals surface area contributed by atoms with Crippen LogP contribution in [0.3, 0.4) is 0 Å². The fourth-order valence-electron chi connectivity index (χ4n) is 2.39. The van der Waals surface area contributed by atoms with Crippen molar-refractivity contribution in [3.8, 4) is 5.75 Å². The average molecular weight is 425 g/mol. The molecule has 1 saturated heterocycles. The minimum absolute atomic E-state index is 0.0321. The number of benzene rings is 2. The van der Waals surface area contributed by atoms with E-state index in [0.29, 0.717) is 21.2 Å². The van der Waals surface area contributed by atoms with Gasteiger partial charge in [-0.3, -0.25) is 24.6 Å². The van der Waals surface area contributed by atoms with E-state index >= 15 is 0 Å². The summed E-state index contributed by atoms with van der Waals surface area (Å²) >= 11 is 12.5. The van der Waals surface area contributed by atoms with E-state index in [0.717, 1.165) is 28.8 Å². The maximum Gasteiger partial charge on any atom is 0.310 e. The van der Waals surface area contributed by atoms with Gasteiger partial charge in [0.25, 0.3) is 11.1 Å². The smallest absolute Gasteiger partial charge is 0.310 e. The number of nitrogens with zero attached hydrogens (tertiary/aromatic N) is 2. The van der Waals surface area contributed by atoms with E-state index in [1.165, 1.54) is 12.1 Å². The van der Waals surface area contributed by atoms with Gasteiger partial charge in [-0.25, -0.2) is 0 Å². The van der Waals surface area contributed by atoms with Gasteiger partial charge in [0, 0.05) is 6.07 Å². The number of hydrogen-bond donors (Lipinski definition) is 1. The summed E-state index contributed by atoms with van der Waals surface area (Å²) in [5, 5.41) is 20.7. The average Bonchev–Trinajstić information content (AvgIpc) is 2.85. The number of hydrogen-bond acceptors (Lipinski definition) is 6. The molecule has 138 valence electrons. The molecular formula is C17H10Cl2N2O5S. The molecule has 0 bridgehead atoms. The maximum absolute atomic E-state index is 12.5. The molecule has 0 aromatic heterocycles. The number of thioether (sulfide) groups is 1. The number of phenolic OH excluding ortho intramolecular Hbond substituents is 1. The van der Waals surface area contributed by atoms with E-state index in [1.807, 2.05) is 0 Å². The Morgan fingerprint density at radius 2 is 1.89 bits per heavy atom. The van der Waals surface area contributed by atoms with Crippen LogP contribution < -0.4 is 0 Å². The van der Waals surface area contributed by atoms with Crippen LogP contribution in [0, 0.1) is 10.1 Å². The van der Waals surface area contributed by atoms with Gasteiger partial charge in [0.15, 0.2) is 5.75 Å². The second-order valence-electron chi connectivity index (χ2n) is 5.52. The van der Waals surface area contributed by atoms with Crippen molar-refractivity contribution in [2.75, 3.05) is 0 Å². The second kappa shape index (κ2) is 7.59. The zero-order valence-corrected chi connectivity index (χ0v) is 15.7. The molecule has 0 spiro atoms. The van der Waals surface area contributed by atoms with Crippen molar-refractivity contribution in [3.05, 3.63) is 72.6 Å². The topological polar surface area (TPSA) is 101 Å². The highest BCUT2D eigenvalue weighted by Crippen LogP contribution is 2.35. The lowest BCUT2D eigenvalue weighted by atomic mass is 10.1. The number of carbonyl (C=O) groups excluding carboxylic acids is 2. The number of halogens is 2. The second-order valence-corrected chi connectivity index (χ2v) is 7.33. The molecule has 1 fully saturated rings. The molecule has 0 radical (unpaired) electrons. The third-order valence-corrected chi connectivity index (χ3v) is 5.34. The first kappa shape index (κ1) is 19.2. The van der Waals surface area contributed by atoms with Gasteiger partial charge in [-0.15, -0.1) is 0 Å². The van der Waals surface area contributed by atoms with Crippen molar-refractivity contribution in [2.45, 2.75) is 6.54 Å². The Bertz CT molecular complexity index is 1010. The summed E-state index contributed by atoms with van der Waals surface area (Å²) in [5.74, 6) is -1.03. The van der Waals surface area contributed by atoms with Crippen molar-refractivity contribution in [1.29, 1.82) is 0 Å². The fourth-order valence-corrected chi connectivity index (χ4v) is 3.55. The maximum atomic E-state index is 12.5. The van der Waals surface area contributed by atoms with Crippen LogP contribution in [0.25, 0.3) is 6.08 Å². The third kappa shape index (κ3) is 4.08. The molecular weight excluding hydrogens is 415 g/mol. The summed E-state index contributed by atoms with van der Waals surface area (Å²) in [7, 11) is 0. The number of nitro benzene ring substituents is 1. The predicted molar refractivity (Wildman–Crippen MR) is 103 cm³/mol. The van der Waals surface area contributed by atoms with Gasteiger partial charge in [0.2, 0.25) is 0 Å². The number of imide groups is 1. The van der Waals surface area contributed by atoms with E-state index in [4.69, 9.17) is 23.2 Å². The highest BCUT2D eigenvalue weighted by molar-refractivity contribution is 8.18. The highest BCUT2D eigenvalue weighted by Gasteiger charge is 2.35. The first-order valence-electron chi connectivity index (χ1n) is 7.43. The molecule has 1 aliphatic heterocycles. The molecule has 2 aromatic rings. The molecule has 1 aliphatic rings. The number of amides is 2. The monoisotopic (exact) mass is 424 g/mol. The van der Waals surface area contributed by atoms with Gasteiger partial charge in [-0.2, -0.15) is 0 Å². The Balaban J connectivity index is 1.83. The summed E-state index contributed by atoms with van der Waals surface area (Å²) in [4.78, 5) is 35.9. The van der Waals surface area contributed by atoms with Gasteiger partial charge in [0.05, 0.1) is 26.4 Å². The standard InChI is InChI=1S/C17H10Cl2N2O5S/c18-11-3-1-10(5-12(11)19)8-20-16(23)15(27-17(20)24)7-9-2-4-13(21(25)26)14(22)6-9/h1-7,22H,8H2/b15-7-. The minimum atomic E-state index is -0.718. The Morgan fingerprint density at radius 3 is 2.52 bits per heavy atom. The molecule has 0 atom stereocenters. The first-order valence-corrected chi connectivity index (χ1v) is 9.00. The number of rotatable bonds is 4. The van der Waals surface area contributed by atoms with Crippen LogP contribution in [-0.2, 0) is 11.3 Å². The van der Waals surface area contributed by atoms with E-state index in [1.54, 1.807) is 18.2 Å². The summed E-state index contributed by atoms with van der Waals surface area (Å²) in [6.45, 7) is 0.0321.